The van der Waals surface area contributed by atoms with Crippen LogP contribution in [0, 0.1) is 0 Å². The number of ether oxygens (including phenoxy) is 3. The van der Waals surface area contributed by atoms with E-state index in [-0.39, 0.29) is 12.5 Å². The van der Waals surface area contributed by atoms with E-state index in [1.54, 1.807) is 12.1 Å². The lowest BCUT2D eigenvalue weighted by Crippen LogP contribution is -1.96. The van der Waals surface area contributed by atoms with Gasteiger partial charge in [-0.3, -0.25) is 0 Å². The van der Waals surface area contributed by atoms with E-state index >= 15 is 0 Å². The van der Waals surface area contributed by atoms with E-state index in [2.05, 4.69) is 5.16 Å². The molecule has 0 aliphatic carbocycles. The van der Waals surface area contributed by atoms with E-state index in [0.29, 0.717) is 23.7 Å². The van der Waals surface area contributed by atoms with Crippen molar-refractivity contribution in [2.45, 2.75) is 6.61 Å². The molecular weight excluding hydrogens is 274 g/mol. The Morgan fingerprint density at radius 2 is 2.00 bits per heavy atom. The molecule has 1 aliphatic heterocycles. The Labute approximate surface area is 120 Å². The van der Waals surface area contributed by atoms with Gasteiger partial charge in [0.1, 0.15) is 18.1 Å². The maximum Gasteiger partial charge on any atom is 0.231 e. The predicted molar refractivity (Wildman–Crippen MR) is 74.4 cm³/mol. The third-order valence-corrected chi connectivity index (χ3v) is 3.04. The van der Waals surface area contributed by atoms with Gasteiger partial charge in [0, 0.05) is 11.6 Å². The fraction of sp³-hybridized carbons (Fsp3) is 0.133. The Kier molecular flexibility index (Phi) is 3.51. The molecular formula is C15H13NO5. The Morgan fingerprint density at radius 1 is 1.14 bits per heavy atom. The first-order valence-electron chi connectivity index (χ1n) is 6.28. The first-order chi connectivity index (χ1) is 10.3. The van der Waals surface area contributed by atoms with Crippen LogP contribution in [-0.4, -0.2) is 23.3 Å². The Bertz CT molecular complexity index is 684. The molecule has 2 aromatic rings. The highest BCUT2D eigenvalue weighted by molar-refractivity contribution is 5.83. The second-order valence-electron chi connectivity index (χ2n) is 4.44. The molecule has 0 fully saturated rings. The summed E-state index contributed by atoms with van der Waals surface area (Å²) in [7, 11) is 0. The summed E-state index contributed by atoms with van der Waals surface area (Å²) in [6, 6.07) is 10.3. The molecule has 0 spiro atoms. The predicted octanol–water partition coefficient (Wildman–Crippen LogP) is 2.51. The van der Waals surface area contributed by atoms with Crippen LogP contribution in [0.3, 0.4) is 0 Å². The van der Waals surface area contributed by atoms with E-state index in [9.17, 15) is 5.11 Å². The van der Waals surface area contributed by atoms with Crippen LogP contribution in [0.15, 0.2) is 41.6 Å². The number of fused-ring (bicyclic) bond motifs is 1. The summed E-state index contributed by atoms with van der Waals surface area (Å²) in [6.07, 6.45) is 1.15. The largest absolute Gasteiger partial charge is 0.507 e. The van der Waals surface area contributed by atoms with Gasteiger partial charge in [-0.1, -0.05) is 11.2 Å². The minimum absolute atomic E-state index is 0.0176. The van der Waals surface area contributed by atoms with Crippen molar-refractivity contribution >= 4 is 6.21 Å². The average Bonchev–Trinajstić information content (AvgIpc) is 2.95. The average molecular weight is 287 g/mol. The van der Waals surface area contributed by atoms with E-state index in [1.807, 2.05) is 18.2 Å². The molecule has 2 N–H and O–H groups in total. The van der Waals surface area contributed by atoms with E-state index in [1.165, 1.54) is 6.07 Å². The lowest BCUT2D eigenvalue weighted by Gasteiger charge is -2.08. The lowest BCUT2D eigenvalue weighted by molar-refractivity contribution is 0.174. The molecule has 6 nitrogen and oxygen atoms in total. The smallest absolute Gasteiger partial charge is 0.231 e. The van der Waals surface area contributed by atoms with E-state index in [4.69, 9.17) is 19.4 Å². The molecule has 0 aromatic heterocycles. The summed E-state index contributed by atoms with van der Waals surface area (Å²) in [6.45, 7) is 0.574. The Balaban J connectivity index is 1.69. The summed E-state index contributed by atoms with van der Waals surface area (Å²) >= 11 is 0. The molecule has 1 aliphatic rings. The van der Waals surface area contributed by atoms with Crippen molar-refractivity contribution < 1.29 is 24.5 Å². The van der Waals surface area contributed by atoms with Gasteiger partial charge in [-0.25, -0.2) is 0 Å². The van der Waals surface area contributed by atoms with Crippen LogP contribution in [0.25, 0.3) is 0 Å². The minimum Gasteiger partial charge on any atom is -0.507 e. The van der Waals surface area contributed by atoms with Crippen LogP contribution in [0.5, 0.6) is 23.0 Å². The standard InChI is InChI=1S/C15H13NO5/c17-13-6-12(3-2-11(13)7-16-18)19-8-10-1-4-14-15(5-10)21-9-20-14/h1-7,17-18H,8-9H2/b16-7+. The SMILES string of the molecule is O/N=C/c1ccc(OCc2ccc3c(c2)OCO3)cc1O. The van der Waals surface area contributed by atoms with Crippen LogP contribution < -0.4 is 14.2 Å². The van der Waals surface area contributed by atoms with Crippen LogP contribution in [0.1, 0.15) is 11.1 Å². The molecule has 6 heteroatoms. The highest BCUT2D eigenvalue weighted by atomic mass is 16.7. The van der Waals surface area contributed by atoms with Crippen LogP contribution >= 0.6 is 0 Å². The van der Waals surface area contributed by atoms with Gasteiger partial charge in [0.15, 0.2) is 11.5 Å². The number of hydrogen-bond acceptors (Lipinski definition) is 6. The fourth-order valence-electron chi connectivity index (χ4n) is 1.98. The maximum absolute atomic E-state index is 9.73. The maximum atomic E-state index is 9.73. The molecule has 0 radical (unpaired) electrons. The zero-order valence-corrected chi connectivity index (χ0v) is 11.0. The van der Waals surface area contributed by atoms with E-state index < -0.39 is 0 Å². The second kappa shape index (κ2) is 5.62. The fourth-order valence-corrected chi connectivity index (χ4v) is 1.98. The number of nitrogens with zero attached hydrogens (tertiary/aromatic N) is 1. The molecule has 1 heterocycles. The van der Waals surface area contributed by atoms with Crippen molar-refractivity contribution in [3.8, 4) is 23.0 Å². The molecule has 21 heavy (non-hydrogen) atoms. The molecule has 0 amide bonds. The first kappa shape index (κ1) is 13.1. The normalized spacial score (nSPS) is 12.8. The summed E-state index contributed by atoms with van der Waals surface area (Å²) < 4.78 is 16.1. The number of phenolic OH excluding ortho intramolecular Hbond substituents is 1. The van der Waals surface area contributed by atoms with Crippen molar-refractivity contribution in [2.24, 2.45) is 5.16 Å². The molecule has 108 valence electrons. The molecule has 3 rings (SSSR count). The summed E-state index contributed by atoms with van der Waals surface area (Å²) in [5.41, 5.74) is 1.34. The van der Waals surface area contributed by atoms with Gasteiger partial charge in [-0.15, -0.1) is 0 Å². The third-order valence-electron chi connectivity index (χ3n) is 3.04. The molecule has 0 saturated heterocycles. The summed E-state index contributed by atoms with van der Waals surface area (Å²) in [5, 5.41) is 21.0. The molecule has 2 aromatic carbocycles. The zero-order chi connectivity index (χ0) is 14.7. The minimum atomic E-state index is -0.0176. The monoisotopic (exact) mass is 287 g/mol. The van der Waals surface area contributed by atoms with E-state index in [0.717, 1.165) is 17.5 Å². The van der Waals surface area contributed by atoms with Gasteiger partial charge < -0.3 is 24.5 Å². The summed E-state index contributed by atoms with van der Waals surface area (Å²) in [5.74, 6) is 1.92. The molecule has 0 bridgehead atoms. The quantitative estimate of drug-likeness (QED) is 0.513. The van der Waals surface area contributed by atoms with Gasteiger partial charge in [0.05, 0.1) is 6.21 Å². The van der Waals surface area contributed by atoms with Gasteiger partial charge in [0.2, 0.25) is 6.79 Å². The second-order valence-corrected chi connectivity index (χ2v) is 4.44. The van der Waals surface area contributed by atoms with Gasteiger partial charge >= 0.3 is 0 Å². The van der Waals surface area contributed by atoms with Gasteiger partial charge in [-0.2, -0.15) is 0 Å². The number of benzene rings is 2. The van der Waals surface area contributed by atoms with Crippen molar-refractivity contribution in [1.29, 1.82) is 0 Å². The summed E-state index contributed by atoms with van der Waals surface area (Å²) in [4.78, 5) is 0. The van der Waals surface area contributed by atoms with Crippen LogP contribution in [0.2, 0.25) is 0 Å². The van der Waals surface area contributed by atoms with Gasteiger partial charge in [-0.05, 0) is 29.8 Å². The molecule has 0 saturated carbocycles. The highest BCUT2D eigenvalue weighted by Gasteiger charge is 2.13. The van der Waals surface area contributed by atoms with Gasteiger partial charge in [0.25, 0.3) is 0 Å². The zero-order valence-electron chi connectivity index (χ0n) is 11.0. The number of rotatable bonds is 4. The third kappa shape index (κ3) is 2.84. The molecule has 0 atom stereocenters. The first-order valence-corrected chi connectivity index (χ1v) is 6.28. The number of hydrogen-bond donors (Lipinski definition) is 2. The Morgan fingerprint density at radius 3 is 2.81 bits per heavy atom. The number of phenols is 1. The van der Waals surface area contributed by atoms with Crippen molar-refractivity contribution in [1.82, 2.24) is 0 Å². The van der Waals surface area contributed by atoms with Crippen molar-refractivity contribution in [3.63, 3.8) is 0 Å². The van der Waals surface area contributed by atoms with Crippen molar-refractivity contribution in [3.05, 3.63) is 47.5 Å². The topological polar surface area (TPSA) is 80.5 Å². The highest BCUT2D eigenvalue weighted by Crippen LogP contribution is 2.33. The Hall–Kier alpha value is -2.89. The number of aromatic hydroxyl groups is 1. The van der Waals surface area contributed by atoms with Crippen LogP contribution in [-0.2, 0) is 6.61 Å². The lowest BCUT2D eigenvalue weighted by atomic mass is 10.2. The number of oxime groups is 1. The van der Waals surface area contributed by atoms with Crippen molar-refractivity contribution in [2.75, 3.05) is 6.79 Å². The van der Waals surface area contributed by atoms with Crippen LogP contribution in [0.4, 0.5) is 0 Å². The molecule has 0 unspecified atom stereocenters.